The monoisotopic (exact) mass is 593 g/mol. The van der Waals surface area contributed by atoms with E-state index in [0.29, 0.717) is 10.6 Å². The Labute approximate surface area is 238 Å². The van der Waals surface area contributed by atoms with E-state index < -0.39 is 34.3 Å². The van der Waals surface area contributed by atoms with Crippen LogP contribution < -0.4 is 9.62 Å². The van der Waals surface area contributed by atoms with Crippen LogP contribution >= 0.6 is 23.2 Å². The van der Waals surface area contributed by atoms with Crippen molar-refractivity contribution in [2.75, 3.05) is 10.8 Å². The smallest absolute Gasteiger partial charge is 0.264 e. The third kappa shape index (κ3) is 7.71. The number of hydrogen-bond donors (Lipinski definition) is 1. The molecule has 0 unspecified atom stereocenters. The van der Waals surface area contributed by atoms with Gasteiger partial charge in [-0.3, -0.25) is 13.9 Å². The van der Waals surface area contributed by atoms with Crippen molar-refractivity contribution in [2.45, 2.75) is 50.7 Å². The second-order valence-electron chi connectivity index (χ2n) is 9.16. The van der Waals surface area contributed by atoms with Gasteiger partial charge in [-0.1, -0.05) is 54.4 Å². The Morgan fingerprint density at radius 1 is 0.949 bits per heavy atom. The van der Waals surface area contributed by atoms with E-state index in [0.717, 1.165) is 16.4 Å². The molecule has 0 aliphatic heterocycles. The zero-order chi connectivity index (χ0) is 28.7. The summed E-state index contributed by atoms with van der Waals surface area (Å²) in [5, 5.41) is 3.44. The van der Waals surface area contributed by atoms with Gasteiger partial charge in [0.2, 0.25) is 11.8 Å². The molecule has 3 aromatic carbocycles. The number of hydrogen-bond acceptors (Lipinski definition) is 4. The van der Waals surface area contributed by atoms with Crippen molar-refractivity contribution in [2.24, 2.45) is 0 Å². The standard InChI is InChI=1S/C28H30Cl2FN3O4S/c1-4-26(28(36)32-19(2)3)33(17-20-10-15-24(29)25(30)16-20)27(35)18-34(22-13-11-21(31)12-14-22)39(37,38)23-8-6-5-7-9-23/h5-16,19,26H,4,17-18H2,1-3H3,(H,32,36)/t26-/m0/s1. The Morgan fingerprint density at radius 2 is 1.59 bits per heavy atom. The van der Waals surface area contributed by atoms with Crippen LogP contribution in [0.1, 0.15) is 32.8 Å². The molecule has 0 bridgehead atoms. The highest BCUT2D eigenvalue weighted by molar-refractivity contribution is 7.92. The van der Waals surface area contributed by atoms with E-state index in [1.54, 1.807) is 57.2 Å². The maximum absolute atomic E-state index is 13.9. The van der Waals surface area contributed by atoms with Gasteiger partial charge >= 0.3 is 0 Å². The Hall–Kier alpha value is -3.14. The number of amides is 2. The fourth-order valence-electron chi connectivity index (χ4n) is 3.99. The number of carbonyl (C=O) groups is 2. The van der Waals surface area contributed by atoms with Crippen molar-refractivity contribution in [3.63, 3.8) is 0 Å². The highest BCUT2D eigenvalue weighted by atomic mass is 35.5. The second-order valence-corrected chi connectivity index (χ2v) is 11.8. The van der Waals surface area contributed by atoms with Crippen molar-refractivity contribution in [1.29, 1.82) is 0 Å². The summed E-state index contributed by atoms with van der Waals surface area (Å²) in [6.07, 6.45) is 0.271. The molecule has 208 valence electrons. The fourth-order valence-corrected chi connectivity index (χ4v) is 5.75. The van der Waals surface area contributed by atoms with Crippen LogP contribution in [0.3, 0.4) is 0 Å². The molecule has 0 heterocycles. The molecule has 0 radical (unpaired) electrons. The minimum atomic E-state index is -4.23. The van der Waals surface area contributed by atoms with Crippen LogP contribution in [0.4, 0.5) is 10.1 Å². The van der Waals surface area contributed by atoms with E-state index in [1.807, 2.05) is 0 Å². The molecule has 0 saturated heterocycles. The van der Waals surface area contributed by atoms with E-state index in [2.05, 4.69) is 5.32 Å². The number of carbonyl (C=O) groups excluding carboxylic acids is 2. The Balaban J connectivity index is 2.06. The van der Waals surface area contributed by atoms with E-state index in [1.165, 1.54) is 29.2 Å². The van der Waals surface area contributed by atoms with Gasteiger partial charge in [0.25, 0.3) is 10.0 Å². The fraction of sp³-hybridized carbons (Fsp3) is 0.286. The molecule has 2 amide bonds. The SMILES string of the molecule is CC[C@@H](C(=O)NC(C)C)N(Cc1ccc(Cl)c(Cl)c1)C(=O)CN(c1ccc(F)cc1)S(=O)(=O)c1ccccc1. The van der Waals surface area contributed by atoms with Crippen molar-refractivity contribution in [3.05, 3.63) is 94.2 Å². The lowest BCUT2D eigenvalue weighted by Crippen LogP contribution is -2.53. The average Bonchev–Trinajstić information content (AvgIpc) is 2.89. The molecule has 39 heavy (non-hydrogen) atoms. The molecule has 7 nitrogen and oxygen atoms in total. The van der Waals surface area contributed by atoms with Gasteiger partial charge in [-0.2, -0.15) is 0 Å². The normalized spacial score (nSPS) is 12.2. The van der Waals surface area contributed by atoms with Crippen LogP contribution in [0.25, 0.3) is 0 Å². The number of halogens is 3. The second kappa shape index (κ2) is 13.3. The molecule has 11 heteroatoms. The van der Waals surface area contributed by atoms with E-state index in [9.17, 15) is 22.4 Å². The summed E-state index contributed by atoms with van der Waals surface area (Å²) < 4.78 is 42.0. The maximum Gasteiger partial charge on any atom is 0.264 e. The van der Waals surface area contributed by atoms with Gasteiger partial charge in [0.15, 0.2) is 0 Å². The lowest BCUT2D eigenvalue weighted by Gasteiger charge is -2.33. The van der Waals surface area contributed by atoms with E-state index >= 15 is 0 Å². The molecule has 0 aliphatic carbocycles. The summed E-state index contributed by atoms with van der Waals surface area (Å²) in [7, 11) is -4.23. The first-order valence-electron chi connectivity index (χ1n) is 12.3. The Kier molecular flexibility index (Phi) is 10.4. The molecule has 0 aliphatic rings. The number of sulfonamides is 1. The first-order valence-corrected chi connectivity index (χ1v) is 14.5. The van der Waals surface area contributed by atoms with Crippen LogP contribution in [-0.4, -0.2) is 43.8 Å². The molecular formula is C28H30Cl2FN3O4S. The quantitative estimate of drug-likeness (QED) is 0.311. The molecule has 0 saturated carbocycles. The van der Waals surface area contributed by atoms with Crippen LogP contribution in [0.15, 0.2) is 77.7 Å². The van der Waals surface area contributed by atoms with Gasteiger partial charge in [0.05, 0.1) is 20.6 Å². The maximum atomic E-state index is 13.9. The summed E-state index contributed by atoms with van der Waals surface area (Å²) in [6, 6.07) is 16.2. The molecule has 0 fully saturated rings. The minimum absolute atomic E-state index is 0.0254. The van der Waals surface area contributed by atoms with Crippen molar-refractivity contribution >= 4 is 50.7 Å². The summed E-state index contributed by atoms with van der Waals surface area (Å²) in [5.74, 6) is -1.56. The molecule has 0 aromatic heterocycles. The topological polar surface area (TPSA) is 86.8 Å². The van der Waals surface area contributed by atoms with Gasteiger partial charge in [0, 0.05) is 12.6 Å². The van der Waals surface area contributed by atoms with Crippen LogP contribution in [0.2, 0.25) is 10.0 Å². The zero-order valence-electron chi connectivity index (χ0n) is 21.8. The molecule has 3 rings (SSSR count). The summed E-state index contributed by atoms with van der Waals surface area (Å²) in [4.78, 5) is 28.3. The third-order valence-electron chi connectivity index (χ3n) is 5.88. The predicted molar refractivity (Wildman–Crippen MR) is 152 cm³/mol. The first kappa shape index (κ1) is 30.4. The van der Waals surface area contributed by atoms with Gasteiger partial charge < -0.3 is 10.2 Å². The molecule has 0 spiro atoms. The first-order chi connectivity index (χ1) is 18.4. The number of nitrogens with zero attached hydrogens (tertiary/aromatic N) is 2. The largest absolute Gasteiger partial charge is 0.352 e. The zero-order valence-corrected chi connectivity index (χ0v) is 24.1. The Morgan fingerprint density at radius 3 is 2.15 bits per heavy atom. The van der Waals surface area contributed by atoms with Gasteiger partial charge in [-0.05, 0) is 74.4 Å². The highest BCUT2D eigenvalue weighted by Crippen LogP contribution is 2.27. The summed E-state index contributed by atoms with van der Waals surface area (Å²) >= 11 is 12.3. The molecule has 1 atom stereocenters. The van der Waals surface area contributed by atoms with Gasteiger partial charge in [-0.25, -0.2) is 12.8 Å². The van der Waals surface area contributed by atoms with Gasteiger partial charge in [-0.15, -0.1) is 0 Å². The van der Waals surface area contributed by atoms with E-state index in [-0.39, 0.29) is 40.5 Å². The van der Waals surface area contributed by atoms with Crippen molar-refractivity contribution < 1.29 is 22.4 Å². The van der Waals surface area contributed by atoms with Crippen LogP contribution in [-0.2, 0) is 26.2 Å². The van der Waals surface area contributed by atoms with Crippen molar-refractivity contribution in [3.8, 4) is 0 Å². The number of benzene rings is 3. The Bertz CT molecular complexity index is 1400. The van der Waals surface area contributed by atoms with Crippen LogP contribution in [0, 0.1) is 5.82 Å². The lowest BCUT2D eigenvalue weighted by atomic mass is 10.1. The molecular weight excluding hydrogens is 564 g/mol. The minimum Gasteiger partial charge on any atom is -0.352 e. The van der Waals surface area contributed by atoms with Crippen molar-refractivity contribution in [1.82, 2.24) is 10.2 Å². The summed E-state index contributed by atoms with van der Waals surface area (Å²) in [6.45, 7) is 4.72. The van der Waals surface area contributed by atoms with Gasteiger partial charge in [0.1, 0.15) is 18.4 Å². The number of anilines is 1. The lowest BCUT2D eigenvalue weighted by molar-refractivity contribution is -0.140. The predicted octanol–water partition coefficient (Wildman–Crippen LogP) is 5.66. The summed E-state index contributed by atoms with van der Waals surface area (Å²) in [5.41, 5.74) is 0.704. The molecule has 1 N–H and O–H groups in total. The molecule has 3 aromatic rings. The average molecular weight is 595 g/mol. The van der Waals surface area contributed by atoms with E-state index in [4.69, 9.17) is 23.2 Å². The number of rotatable bonds is 11. The van der Waals surface area contributed by atoms with Crippen LogP contribution in [0.5, 0.6) is 0 Å². The number of nitrogens with one attached hydrogen (secondary N) is 1. The highest BCUT2D eigenvalue weighted by Gasteiger charge is 2.33. The third-order valence-corrected chi connectivity index (χ3v) is 8.41.